The molecule has 1 fully saturated rings. The van der Waals surface area contributed by atoms with Crippen LogP contribution in [0.2, 0.25) is 0 Å². The Morgan fingerprint density at radius 3 is 2.26 bits per heavy atom. The van der Waals surface area contributed by atoms with Crippen molar-refractivity contribution in [1.82, 2.24) is 10.2 Å². The van der Waals surface area contributed by atoms with Gasteiger partial charge in [0, 0.05) is 31.9 Å². The topological polar surface area (TPSA) is 102 Å². The monoisotopic (exact) mass is 479 g/mol. The second-order valence-corrected chi connectivity index (χ2v) is 8.46. The zero-order valence-corrected chi connectivity index (χ0v) is 18.6. The van der Waals surface area contributed by atoms with Crippen molar-refractivity contribution in [1.29, 1.82) is 0 Å². The Balaban J connectivity index is 0.000000406. The molecule has 2 aliphatic heterocycles. The number of amides is 2. The molecule has 184 valence electrons. The molecule has 0 spiro atoms. The van der Waals surface area contributed by atoms with E-state index in [9.17, 15) is 23.1 Å². The van der Waals surface area contributed by atoms with Crippen molar-refractivity contribution in [2.75, 3.05) is 18.4 Å². The Bertz CT molecular complexity index is 988. The number of rotatable bonds is 4. The first-order valence-corrected chi connectivity index (χ1v) is 11.1. The van der Waals surface area contributed by atoms with Crippen LogP contribution in [0.25, 0.3) is 0 Å². The highest BCUT2D eigenvalue weighted by molar-refractivity contribution is 5.89. The molecule has 2 amide bonds. The molecule has 2 heterocycles. The van der Waals surface area contributed by atoms with Crippen LogP contribution in [-0.4, -0.2) is 46.4 Å². The van der Waals surface area contributed by atoms with Crippen molar-refractivity contribution >= 4 is 17.7 Å². The van der Waals surface area contributed by atoms with Gasteiger partial charge in [-0.15, -0.1) is 0 Å². The predicted molar refractivity (Wildman–Crippen MR) is 120 cm³/mol. The highest BCUT2D eigenvalue weighted by Crippen LogP contribution is 2.25. The zero-order valence-electron chi connectivity index (χ0n) is 18.6. The first-order chi connectivity index (χ1) is 16.1. The highest BCUT2D eigenvalue weighted by atomic mass is 19.4. The van der Waals surface area contributed by atoms with Gasteiger partial charge in [-0.2, -0.15) is 13.2 Å². The minimum atomic E-state index is -5.08. The number of fused-ring (bicyclic) bond motifs is 1. The number of phenols is 1. The Hall–Kier alpha value is -3.27. The van der Waals surface area contributed by atoms with Gasteiger partial charge in [0.05, 0.1) is 0 Å². The summed E-state index contributed by atoms with van der Waals surface area (Å²) in [7, 11) is 0. The number of benzene rings is 2. The number of aliphatic carboxylic acids is 1. The molecule has 0 aromatic heterocycles. The van der Waals surface area contributed by atoms with Crippen LogP contribution in [0.3, 0.4) is 0 Å². The van der Waals surface area contributed by atoms with Gasteiger partial charge in [0.2, 0.25) is 0 Å². The smallest absolute Gasteiger partial charge is 0.490 e. The number of carbonyl (C=O) groups excluding carboxylic acids is 1. The van der Waals surface area contributed by atoms with Crippen molar-refractivity contribution in [2.45, 2.75) is 44.9 Å². The molecular formula is C24H28F3N3O4. The fraction of sp³-hybridized carbons (Fsp3) is 0.417. The molecule has 0 radical (unpaired) electrons. The summed E-state index contributed by atoms with van der Waals surface area (Å²) in [6, 6.07) is 13.7. The van der Waals surface area contributed by atoms with Gasteiger partial charge in [-0.25, -0.2) is 9.59 Å². The third kappa shape index (κ3) is 7.38. The summed E-state index contributed by atoms with van der Waals surface area (Å²) in [6.45, 7) is 3.43. The molecule has 2 aliphatic rings. The van der Waals surface area contributed by atoms with Crippen LogP contribution in [0.15, 0.2) is 42.5 Å². The maximum absolute atomic E-state index is 12.6. The van der Waals surface area contributed by atoms with Crippen LogP contribution >= 0.6 is 0 Å². The summed E-state index contributed by atoms with van der Waals surface area (Å²) in [6.07, 6.45) is -0.808. The van der Waals surface area contributed by atoms with E-state index in [1.165, 1.54) is 16.7 Å². The van der Waals surface area contributed by atoms with Crippen LogP contribution in [0.5, 0.6) is 5.75 Å². The van der Waals surface area contributed by atoms with E-state index in [1.807, 2.05) is 23.1 Å². The first kappa shape index (κ1) is 25.4. The molecule has 0 atom stereocenters. The van der Waals surface area contributed by atoms with Gasteiger partial charge in [-0.05, 0) is 72.6 Å². The molecular weight excluding hydrogens is 451 g/mol. The fourth-order valence-electron chi connectivity index (χ4n) is 4.03. The minimum Gasteiger partial charge on any atom is -0.508 e. The first-order valence-electron chi connectivity index (χ1n) is 11.1. The zero-order chi connectivity index (χ0) is 24.7. The molecule has 2 aromatic carbocycles. The predicted octanol–water partition coefficient (Wildman–Crippen LogP) is 4.51. The van der Waals surface area contributed by atoms with Crippen LogP contribution in [0.4, 0.5) is 23.7 Å². The summed E-state index contributed by atoms with van der Waals surface area (Å²) in [5.41, 5.74) is 4.75. The molecule has 1 saturated heterocycles. The number of hydrogen-bond donors (Lipinski definition) is 4. The molecule has 2 aromatic rings. The van der Waals surface area contributed by atoms with E-state index in [2.05, 4.69) is 22.8 Å². The number of halogens is 3. The molecule has 0 bridgehead atoms. The Kier molecular flexibility index (Phi) is 8.38. The van der Waals surface area contributed by atoms with Crippen molar-refractivity contribution < 1.29 is 33.0 Å². The van der Waals surface area contributed by atoms with E-state index in [-0.39, 0.29) is 6.03 Å². The summed E-state index contributed by atoms with van der Waals surface area (Å²) in [5.74, 6) is -1.78. The number of anilines is 1. The van der Waals surface area contributed by atoms with E-state index in [0.717, 1.165) is 57.5 Å². The number of carboxylic acids is 1. The van der Waals surface area contributed by atoms with Gasteiger partial charge < -0.3 is 25.7 Å². The van der Waals surface area contributed by atoms with Crippen LogP contribution in [-0.2, 0) is 24.3 Å². The van der Waals surface area contributed by atoms with Gasteiger partial charge >= 0.3 is 18.2 Å². The van der Waals surface area contributed by atoms with E-state index in [0.29, 0.717) is 11.7 Å². The van der Waals surface area contributed by atoms with Crippen molar-refractivity contribution in [3.05, 3.63) is 59.2 Å². The highest BCUT2D eigenvalue weighted by Gasteiger charge is 2.38. The second kappa shape index (κ2) is 11.2. The third-order valence-corrected chi connectivity index (χ3v) is 6.01. The van der Waals surface area contributed by atoms with Crippen molar-refractivity contribution in [2.24, 2.45) is 5.92 Å². The van der Waals surface area contributed by atoms with E-state index in [4.69, 9.17) is 9.90 Å². The average Bonchev–Trinajstić information content (AvgIpc) is 3.27. The lowest BCUT2D eigenvalue weighted by atomic mass is 9.90. The number of phenolic OH excluding ortho intramolecular Hbond substituents is 1. The molecule has 0 saturated carbocycles. The normalized spacial score (nSPS) is 15.8. The number of piperidine rings is 1. The number of aromatic hydroxyl groups is 1. The molecule has 4 rings (SSSR count). The van der Waals surface area contributed by atoms with E-state index < -0.39 is 12.1 Å². The van der Waals surface area contributed by atoms with E-state index in [1.54, 1.807) is 12.1 Å². The summed E-state index contributed by atoms with van der Waals surface area (Å²) < 4.78 is 31.7. The van der Waals surface area contributed by atoms with Crippen LogP contribution in [0.1, 0.15) is 36.0 Å². The maximum atomic E-state index is 12.6. The number of hydrogen-bond acceptors (Lipinski definition) is 4. The molecule has 0 unspecified atom stereocenters. The maximum Gasteiger partial charge on any atom is 0.490 e. The largest absolute Gasteiger partial charge is 0.508 e. The van der Waals surface area contributed by atoms with Gasteiger partial charge in [0.1, 0.15) is 5.75 Å². The van der Waals surface area contributed by atoms with Crippen LogP contribution in [0, 0.1) is 5.92 Å². The summed E-state index contributed by atoms with van der Waals surface area (Å²) in [4.78, 5) is 23.4. The number of alkyl halides is 3. The van der Waals surface area contributed by atoms with Gasteiger partial charge in [-0.3, -0.25) is 0 Å². The molecule has 34 heavy (non-hydrogen) atoms. The minimum absolute atomic E-state index is 0.0119. The molecule has 7 nitrogen and oxygen atoms in total. The van der Waals surface area contributed by atoms with Gasteiger partial charge in [0.25, 0.3) is 0 Å². The average molecular weight is 479 g/mol. The number of nitrogens with zero attached hydrogens (tertiary/aromatic N) is 1. The van der Waals surface area contributed by atoms with Gasteiger partial charge in [-0.1, -0.05) is 18.2 Å². The summed E-state index contributed by atoms with van der Waals surface area (Å²) >= 11 is 0. The third-order valence-electron chi connectivity index (χ3n) is 6.01. The standard InChI is InChI=1S/C22H27N3O2.C2HF3O2/c26-21-7-3-16(4-8-21)1-2-17-9-11-25(12-10-17)22(27)24-20-6-5-18-14-23-15-19(18)13-20;3-2(4,5)1(6)7/h3-8,13,17,23,26H,1-2,9-12,14-15H2,(H,24,27);(H,6,7). The van der Waals surface area contributed by atoms with Crippen molar-refractivity contribution in [3.63, 3.8) is 0 Å². The Labute approximate surface area is 195 Å². The number of carbonyl (C=O) groups is 2. The van der Waals surface area contributed by atoms with Crippen molar-refractivity contribution in [3.8, 4) is 5.75 Å². The lowest BCUT2D eigenvalue weighted by Gasteiger charge is -2.32. The molecule has 0 aliphatic carbocycles. The Morgan fingerprint density at radius 2 is 1.65 bits per heavy atom. The number of likely N-dealkylation sites (tertiary alicyclic amines) is 1. The lowest BCUT2D eigenvalue weighted by Crippen LogP contribution is -2.41. The molecule has 10 heteroatoms. The summed E-state index contributed by atoms with van der Waals surface area (Å²) in [5, 5.41) is 22.9. The number of urea groups is 1. The SMILES string of the molecule is O=C(Nc1ccc2c(c1)CNC2)N1CCC(CCc2ccc(O)cc2)CC1.O=C(O)C(F)(F)F. The van der Waals surface area contributed by atoms with Gasteiger partial charge in [0.15, 0.2) is 0 Å². The van der Waals surface area contributed by atoms with E-state index >= 15 is 0 Å². The second-order valence-electron chi connectivity index (χ2n) is 8.46. The number of nitrogens with one attached hydrogen (secondary N) is 2. The quantitative estimate of drug-likeness (QED) is 0.517. The lowest BCUT2D eigenvalue weighted by molar-refractivity contribution is -0.192. The number of carboxylic acid groups (broad SMARTS) is 1. The Morgan fingerprint density at radius 1 is 1.03 bits per heavy atom. The fourth-order valence-corrected chi connectivity index (χ4v) is 4.03. The number of aryl methyl sites for hydroxylation is 1. The molecule has 4 N–H and O–H groups in total. The van der Waals surface area contributed by atoms with Crippen LogP contribution < -0.4 is 10.6 Å².